The van der Waals surface area contributed by atoms with E-state index in [1.165, 1.54) is 51.4 Å². The molecule has 2 rings (SSSR count). The van der Waals surface area contributed by atoms with E-state index in [1.54, 1.807) is 0 Å². The highest BCUT2D eigenvalue weighted by molar-refractivity contribution is 5.53. The maximum Gasteiger partial charge on any atom is 0.102 e. The average molecular weight is 321 g/mol. The summed E-state index contributed by atoms with van der Waals surface area (Å²) in [6.07, 6.45) is 13.5. The molecule has 7 unspecified atom stereocenters. The van der Waals surface area contributed by atoms with Crippen LogP contribution in [0.1, 0.15) is 86.0 Å². The van der Waals surface area contributed by atoms with Crippen LogP contribution in [0.3, 0.4) is 0 Å². The fraction of sp³-hybridized carbons (Fsp3) is 0.952. The van der Waals surface area contributed by atoms with Crippen molar-refractivity contribution in [3.63, 3.8) is 0 Å². The molecule has 1 N–H and O–H groups in total. The molecule has 0 spiro atoms. The number of aliphatic imine (C=N–C) groups is 1. The monoisotopic (exact) mass is 320 g/mol. The van der Waals surface area contributed by atoms with E-state index >= 15 is 0 Å². The van der Waals surface area contributed by atoms with Crippen LogP contribution in [0.25, 0.3) is 0 Å². The lowest BCUT2D eigenvalue weighted by Gasteiger charge is -2.40. The van der Waals surface area contributed by atoms with E-state index in [4.69, 9.17) is 4.99 Å². The van der Waals surface area contributed by atoms with Crippen LogP contribution in [0.2, 0.25) is 0 Å². The van der Waals surface area contributed by atoms with Crippen molar-refractivity contribution in [2.24, 2.45) is 34.6 Å². The van der Waals surface area contributed by atoms with Gasteiger partial charge in [-0.2, -0.15) is 0 Å². The summed E-state index contributed by atoms with van der Waals surface area (Å²) in [5.41, 5.74) is 0. The fourth-order valence-corrected chi connectivity index (χ4v) is 5.08. The first-order chi connectivity index (χ1) is 11.0. The first-order valence-electron chi connectivity index (χ1n) is 10.3. The van der Waals surface area contributed by atoms with Crippen LogP contribution in [-0.4, -0.2) is 18.4 Å². The van der Waals surface area contributed by atoms with Crippen LogP contribution in [0.15, 0.2) is 4.99 Å². The molecule has 0 aromatic heterocycles. The Labute approximate surface area is 144 Å². The fourth-order valence-electron chi connectivity index (χ4n) is 5.08. The van der Waals surface area contributed by atoms with Crippen molar-refractivity contribution in [3.8, 4) is 0 Å². The van der Waals surface area contributed by atoms with Crippen molar-refractivity contribution < 1.29 is 0 Å². The van der Waals surface area contributed by atoms with E-state index in [-0.39, 0.29) is 0 Å². The van der Waals surface area contributed by atoms with Crippen molar-refractivity contribution in [2.75, 3.05) is 0 Å². The van der Waals surface area contributed by atoms with Crippen LogP contribution in [0, 0.1) is 29.6 Å². The third-order valence-corrected chi connectivity index (χ3v) is 6.99. The Morgan fingerprint density at radius 2 is 1.52 bits per heavy atom. The van der Waals surface area contributed by atoms with E-state index in [2.05, 4.69) is 39.9 Å². The number of hydrogen-bond donors (Lipinski definition) is 1. The van der Waals surface area contributed by atoms with E-state index in [0.29, 0.717) is 18.1 Å². The highest BCUT2D eigenvalue weighted by atomic mass is 15.1. The van der Waals surface area contributed by atoms with Crippen LogP contribution >= 0.6 is 0 Å². The van der Waals surface area contributed by atoms with Gasteiger partial charge in [-0.1, -0.05) is 59.8 Å². The largest absolute Gasteiger partial charge is 0.293 e. The predicted octanol–water partition coefficient (Wildman–Crippen LogP) is 5.67. The van der Waals surface area contributed by atoms with Gasteiger partial charge in [0.1, 0.15) is 6.17 Å². The first-order valence-corrected chi connectivity index (χ1v) is 10.3. The van der Waals surface area contributed by atoms with Gasteiger partial charge in [0.25, 0.3) is 0 Å². The second-order valence-electron chi connectivity index (χ2n) is 8.53. The smallest absolute Gasteiger partial charge is 0.102 e. The zero-order valence-electron chi connectivity index (χ0n) is 16.2. The lowest BCUT2D eigenvalue weighted by atomic mass is 9.69. The van der Waals surface area contributed by atoms with Crippen molar-refractivity contribution in [1.82, 2.24) is 5.32 Å². The molecule has 0 amide bonds. The van der Waals surface area contributed by atoms with Crippen molar-refractivity contribution in [3.05, 3.63) is 0 Å². The molecular formula is C21H40N2. The standard InChI is InChI=1S/C21H40N2/c1-6-22-21(23-20-14-10-8-12-16(20)3)18(5)17(4)19-13-9-7-11-15(19)2/h6,15-21,23H,7-14H2,1-5H3. The molecule has 0 aliphatic heterocycles. The summed E-state index contributed by atoms with van der Waals surface area (Å²) in [6.45, 7) is 11.9. The van der Waals surface area contributed by atoms with E-state index in [1.807, 2.05) is 6.21 Å². The first kappa shape index (κ1) is 19.0. The van der Waals surface area contributed by atoms with Gasteiger partial charge in [0.15, 0.2) is 0 Å². The molecular weight excluding hydrogens is 280 g/mol. The van der Waals surface area contributed by atoms with Gasteiger partial charge < -0.3 is 0 Å². The van der Waals surface area contributed by atoms with Gasteiger partial charge in [-0.15, -0.1) is 0 Å². The molecule has 7 atom stereocenters. The maximum atomic E-state index is 4.86. The summed E-state index contributed by atoms with van der Waals surface area (Å²) in [5, 5.41) is 3.94. The van der Waals surface area contributed by atoms with Gasteiger partial charge in [-0.05, 0) is 62.0 Å². The number of rotatable bonds is 6. The highest BCUT2D eigenvalue weighted by Gasteiger charge is 2.34. The molecule has 0 aromatic carbocycles. The Morgan fingerprint density at radius 1 is 0.913 bits per heavy atom. The minimum Gasteiger partial charge on any atom is -0.293 e. The minimum atomic E-state index is 0.301. The summed E-state index contributed by atoms with van der Waals surface area (Å²) in [7, 11) is 0. The molecule has 0 aromatic rings. The summed E-state index contributed by atoms with van der Waals surface area (Å²) in [6, 6.07) is 0.663. The Balaban J connectivity index is 2.00. The Morgan fingerprint density at radius 3 is 2.13 bits per heavy atom. The van der Waals surface area contributed by atoms with E-state index in [9.17, 15) is 0 Å². The second-order valence-corrected chi connectivity index (χ2v) is 8.53. The van der Waals surface area contributed by atoms with Gasteiger partial charge in [-0.25, -0.2) is 0 Å². The van der Waals surface area contributed by atoms with Crippen LogP contribution in [0.5, 0.6) is 0 Å². The van der Waals surface area contributed by atoms with Crippen LogP contribution in [0.4, 0.5) is 0 Å². The topological polar surface area (TPSA) is 24.4 Å². The Bertz CT molecular complexity index is 365. The quantitative estimate of drug-likeness (QED) is 0.626. The third kappa shape index (κ3) is 5.05. The van der Waals surface area contributed by atoms with E-state index < -0.39 is 0 Å². The Kier molecular flexibility index (Phi) is 7.59. The zero-order valence-corrected chi connectivity index (χ0v) is 16.2. The molecule has 2 nitrogen and oxygen atoms in total. The molecule has 0 heterocycles. The summed E-state index contributed by atoms with van der Waals surface area (Å²) in [5.74, 6) is 3.95. The third-order valence-electron chi connectivity index (χ3n) is 6.99. The predicted molar refractivity (Wildman–Crippen MR) is 102 cm³/mol. The maximum absolute atomic E-state index is 4.86. The molecule has 23 heavy (non-hydrogen) atoms. The Hall–Kier alpha value is -0.370. The van der Waals surface area contributed by atoms with Gasteiger partial charge >= 0.3 is 0 Å². The normalized spacial score (nSPS) is 36.7. The average Bonchev–Trinajstić information content (AvgIpc) is 2.55. The van der Waals surface area contributed by atoms with Crippen LogP contribution < -0.4 is 5.32 Å². The van der Waals surface area contributed by atoms with Crippen LogP contribution in [-0.2, 0) is 0 Å². The van der Waals surface area contributed by atoms with Gasteiger partial charge in [0, 0.05) is 6.04 Å². The second kappa shape index (κ2) is 9.20. The summed E-state index contributed by atoms with van der Waals surface area (Å²) < 4.78 is 0. The molecule has 0 saturated heterocycles. The lowest BCUT2D eigenvalue weighted by Crippen LogP contribution is -2.47. The lowest BCUT2D eigenvalue weighted by molar-refractivity contribution is 0.115. The molecule has 2 aliphatic carbocycles. The SMILES string of the molecule is CC=NC(NC1CCCCC1C)C(C)C(C)C1CCCCC1C. The number of nitrogens with one attached hydrogen (secondary N) is 1. The number of nitrogens with zero attached hydrogens (tertiary/aromatic N) is 1. The van der Waals surface area contributed by atoms with Crippen molar-refractivity contribution >= 4 is 6.21 Å². The van der Waals surface area contributed by atoms with Crippen molar-refractivity contribution in [1.29, 1.82) is 0 Å². The molecule has 2 aliphatic rings. The highest BCUT2D eigenvalue weighted by Crippen LogP contribution is 2.39. The molecule has 0 bridgehead atoms. The molecule has 2 fully saturated rings. The van der Waals surface area contributed by atoms with Gasteiger partial charge in [-0.3, -0.25) is 10.3 Å². The molecule has 2 heteroatoms. The van der Waals surface area contributed by atoms with Gasteiger partial charge in [0.05, 0.1) is 0 Å². The minimum absolute atomic E-state index is 0.301. The molecule has 0 radical (unpaired) electrons. The van der Waals surface area contributed by atoms with E-state index in [0.717, 1.165) is 23.7 Å². The number of hydrogen-bond acceptors (Lipinski definition) is 2. The molecule has 2 saturated carbocycles. The summed E-state index contributed by atoms with van der Waals surface area (Å²) in [4.78, 5) is 4.86. The van der Waals surface area contributed by atoms with Gasteiger partial charge in [0.2, 0.25) is 0 Å². The zero-order chi connectivity index (χ0) is 16.8. The summed E-state index contributed by atoms with van der Waals surface area (Å²) >= 11 is 0. The van der Waals surface area contributed by atoms with Crippen molar-refractivity contribution in [2.45, 2.75) is 98.2 Å². The molecule has 134 valence electrons.